The van der Waals surface area contributed by atoms with Crippen molar-refractivity contribution in [2.24, 2.45) is 11.8 Å². The summed E-state index contributed by atoms with van der Waals surface area (Å²) in [5.74, 6) is 1.72. The SMILES string of the molecule is CCCCC(CC)C[P+](=S)OC(=CS)O[P+](=S)C[C@@H](CC)CCCC. The Bertz CT molecular complexity index is 383. The van der Waals surface area contributed by atoms with Crippen LogP contribution in [0.1, 0.15) is 79.1 Å². The molecule has 4 atom stereocenters. The second-order valence-electron chi connectivity index (χ2n) is 6.49. The Kier molecular flexibility index (Phi) is 17.4. The Morgan fingerprint density at radius 3 is 1.56 bits per heavy atom. The Balaban J connectivity index is 4.39. The summed E-state index contributed by atoms with van der Waals surface area (Å²) < 4.78 is 11.7. The molecule has 0 aromatic heterocycles. The van der Waals surface area contributed by atoms with Crippen molar-refractivity contribution in [1.29, 1.82) is 0 Å². The van der Waals surface area contributed by atoms with Crippen molar-refractivity contribution in [3.8, 4) is 0 Å². The van der Waals surface area contributed by atoms with Crippen LogP contribution in [0.25, 0.3) is 0 Å². The van der Waals surface area contributed by atoms with E-state index in [-0.39, 0.29) is 0 Å². The molecule has 25 heavy (non-hydrogen) atoms. The van der Waals surface area contributed by atoms with Gasteiger partial charge in [0.05, 0.1) is 5.41 Å². The van der Waals surface area contributed by atoms with Crippen molar-refractivity contribution in [2.45, 2.75) is 79.1 Å². The van der Waals surface area contributed by atoms with Crippen molar-refractivity contribution in [3.63, 3.8) is 0 Å². The van der Waals surface area contributed by atoms with E-state index < -0.39 is 13.8 Å². The summed E-state index contributed by atoms with van der Waals surface area (Å²) in [5, 5.41) is 1.57. The summed E-state index contributed by atoms with van der Waals surface area (Å²) in [5.41, 5.74) is 0. The van der Waals surface area contributed by atoms with E-state index in [1.807, 2.05) is 0 Å². The lowest BCUT2D eigenvalue weighted by Gasteiger charge is -2.09. The molecular formula is C18H36O2P2S3+2. The molecule has 0 saturated heterocycles. The molecule has 7 heteroatoms. The molecular weight excluding hydrogens is 406 g/mol. The standard InChI is InChI=1S/C18H35O2P2S3/c1-5-9-11-16(7-3)13-21(24)19-18(15-23)20-22(25)14-17(8-4)12-10-6-2/h15-17H,5-14H2,1-4H3/q+1/p+1/t16-,17?/m0/s1. The predicted molar refractivity (Wildman–Crippen MR) is 124 cm³/mol. The fourth-order valence-corrected chi connectivity index (χ4v) is 7.09. The van der Waals surface area contributed by atoms with Crippen molar-refractivity contribution < 1.29 is 9.05 Å². The number of thiol groups is 1. The van der Waals surface area contributed by atoms with Crippen LogP contribution in [0.15, 0.2) is 11.4 Å². The van der Waals surface area contributed by atoms with Gasteiger partial charge in [-0.05, 0) is 25.7 Å². The maximum absolute atomic E-state index is 5.87. The highest BCUT2D eigenvalue weighted by Crippen LogP contribution is 2.38. The third-order valence-electron chi connectivity index (χ3n) is 4.39. The molecule has 0 aliphatic heterocycles. The molecule has 0 fully saturated rings. The van der Waals surface area contributed by atoms with Crippen LogP contribution < -0.4 is 0 Å². The summed E-state index contributed by atoms with van der Waals surface area (Å²) in [6.07, 6.45) is 11.6. The maximum Gasteiger partial charge on any atom is 0.396 e. The Hall–Kier alpha value is 0.730. The molecule has 146 valence electrons. The fraction of sp³-hybridized carbons (Fsp3) is 0.889. The third-order valence-corrected chi connectivity index (χ3v) is 8.34. The summed E-state index contributed by atoms with van der Waals surface area (Å²) >= 11 is 15.3. The van der Waals surface area contributed by atoms with Crippen molar-refractivity contribution in [1.82, 2.24) is 0 Å². The van der Waals surface area contributed by atoms with Gasteiger partial charge in [0.25, 0.3) is 0 Å². The third kappa shape index (κ3) is 13.5. The molecule has 0 aliphatic rings. The Labute approximate surface area is 173 Å². The number of rotatable bonds is 16. The second kappa shape index (κ2) is 16.9. The van der Waals surface area contributed by atoms with Crippen molar-refractivity contribution >= 4 is 50.1 Å². The molecule has 0 rings (SSSR count). The predicted octanol–water partition coefficient (Wildman–Crippen LogP) is 7.90. The molecule has 0 radical (unpaired) electrons. The van der Waals surface area contributed by atoms with Gasteiger partial charge < -0.3 is 0 Å². The van der Waals surface area contributed by atoms with Gasteiger partial charge in [0.15, 0.2) is 12.3 Å². The molecule has 0 amide bonds. The van der Waals surface area contributed by atoms with Crippen LogP contribution in [0, 0.1) is 11.8 Å². The molecule has 3 unspecified atom stereocenters. The lowest BCUT2D eigenvalue weighted by molar-refractivity contribution is 0.268. The van der Waals surface area contributed by atoms with Crippen LogP contribution in [0.4, 0.5) is 0 Å². The van der Waals surface area contributed by atoms with Gasteiger partial charge in [-0.3, -0.25) is 0 Å². The van der Waals surface area contributed by atoms with E-state index in [0.29, 0.717) is 17.8 Å². The molecule has 2 nitrogen and oxygen atoms in total. The number of hydrogen-bond donors (Lipinski definition) is 1. The van der Waals surface area contributed by atoms with Crippen molar-refractivity contribution in [2.75, 3.05) is 12.3 Å². The van der Waals surface area contributed by atoms with E-state index in [1.165, 1.54) is 38.5 Å². The van der Waals surface area contributed by atoms with Gasteiger partial charge >= 0.3 is 19.8 Å². The second-order valence-corrected chi connectivity index (χ2v) is 11.6. The van der Waals surface area contributed by atoms with E-state index >= 15 is 0 Å². The average molecular weight is 443 g/mol. The van der Waals surface area contributed by atoms with Gasteiger partial charge in [0, 0.05) is 11.8 Å². The molecule has 0 saturated carbocycles. The van der Waals surface area contributed by atoms with Gasteiger partial charge in [0.2, 0.25) is 23.6 Å². The van der Waals surface area contributed by atoms with Crippen LogP contribution in [0.2, 0.25) is 0 Å². The summed E-state index contributed by atoms with van der Waals surface area (Å²) in [7, 11) is 0. The van der Waals surface area contributed by atoms with E-state index in [2.05, 4.69) is 40.3 Å². The minimum atomic E-state index is -0.946. The molecule has 0 heterocycles. The molecule has 0 bridgehead atoms. The average Bonchev–Trinajstić information content (AvgIpc) is 2.61. The van der Waals surface area contributed by atoms with Gasteiger partial charge in [0.1, 0.15) is 0 Å². The van der Waals surface area contributed by atoms with E-state index in [1.54, 1.807) is 5.41 Å². The van der Waals surface area contributed by atoms with Gasteiger partial charge in [-0.1, -0.05) is 53.4 Å². The summed E-state index contributed by atoms with van der Waals surface area (Å²) in [4.78, 5) is 0. The van der Waals surface area contributed by atoms with E-state index in [4.69, 9.17) is 32.7 Å². The number of hydrogen-bond acceptors (Lipinski definition) is 5. The fourth-order valence-electron chi connectivity index (χ4n) is 2.60. The van der Waals surface area contributed by atoms with Crippen molar-refractivity contribution in [3.05, 3.63) is 11.4 Å². The topological polar surface area (TPSA) is 18.5 Å². The minimum absolute atomic E-state index is 0.432. The number of unbranched alkanes of at least 4 members (excludes halogenated alkanes) is 2. The monoisotopic (exact) mass is 442 g/mol. The zero-order chi connectivity index (χ0) is 19.1. The molecule has 0 aliphatic carbocycles. The first kappa shape index (κ1) is 25.7. The molecule has 0 aromatic carbocycles. The van der Waals surface area contributed by atoms with Crippen LogP contribution in [-0.4, -0.2) is 12.3 Å². The van der Waals surface area contributed by atoms with Crippen LogP contribution >= 0.6 is 26.5 Å². The first-order valence-electron chi connectivity index (χ1n) is 9.60. The minimum Gasteiger partial charge on any atom is -0.234 e. The Morgan fingerprint density at radius 2 is 1.28 bits per heavy atom. The van der Waals surface area contributed by atoms with E-state index in [9.17, 15) is 0 Å². The summed E-state index contributed by atoms with van der Waals surface area (Å²) in [6, 6.07) is 0. The van der Waals surface area contributed by atoms with E-state index in [0.717, 1.165) is 25.2 Å². The normalized spacial score (nSPS) is 15.5. The lowest BCUT2D eigenvalue weighted by Crippen LogP contribution is -2.04. The zero-order valence-corrected chi connectivity index (χ0v) is 20.6. The lowest BCUT2D eigenvalue weighted by atomic mass is 10.0. The highest BCUT2D eigenvalue weighted by Gasteiger charge is 2.27. The summed E-state index contributed by atoms with van der Waals surface area (Å²) in [6.45, 7) is 7.02. The van der Waals surface area contributed by atoms with Gasteiger partial charge in [-0.2, -0.15) is 0 Å². The Morgan fingerprint density at radius 1 is 0.880 bits per heavy atom. The zero-order valence-electron chi connectivity index (χ0n) is 16.3. The largest absolute Gasteiger partial charge is 0.396 e. The molecule has 0 N–H and O–H groups in total. The van der Waals surface area contributed by atoms with Gasteiger partial charge in [-0.15, -0.1) is 12.6 Å². The quantitative estimate of drug-likeness (QED) is 0.149. The smallest absolute Gasteiger partial charge is 0.234 e. The maximum atomic E-state index is 5.87. The first-order chi connectivity index (χ1) is 12.0. The molecule has 0 aromatic rings. The highest BCUT2D eigenvalue weighted by molar-refractivity contribution is 8.03. The van der Waals surface area contributed by atoms with Crippen LogP contribution in [0.3, 0.4) is 0 Å². The van der Waals surface area contributed by atoms with Crippen LogP contribution in [0.5, 0.6) is 0 Å². The first-order valence-corrected chi connectivity index (χ1v) is 15.0. The molecule has 0 spiro atoms. The van der Waals surface area contributed by atoms with Gasteiger partial charge in [-0.25, -0.2) is 9.05 Å². The van der Waals surface area contributed by atoms with Crippen LogP contribution in [-0.2, 0) is 32.7 Å². The highest BCUT2D eigenvalue weighted by atomic mass is 32.4.